The minimum absolute atomic E-state index is 0.207. The Morgan fingerprint density at radius 2 is 1.70 bits per heavy atom. The van der Waals surface area contributed by atoms with Crippen molar-refractivity contribution >= 4 is 9.84 Å². The van der Waals surface area contributed by atoms with E-state index in [-0.39, 0.29) is 16.4 Å². The highest BCUT2D eigenvalue weighted by Crippen LogP contribution is 2.36. The van der Waals surface area contributed by atoms with Crippen LogP contribution in [0.4, 0.5) is 0 Å². The van der Waals surface area contributed by atoms with Gasteiger partial charge in [-0.25, -0.2) is 13.1 Å². The lowest BCUT2D eigenvalue weighted by Crippen LogP contribution is -2.20. The summed E-state index contributed by atoms with van der Waals surface area (Å²) in [5.74, 6) is -0.207. The van der Waals surface area contributed by atoms with Gasteiger partial charge >= 0.3 is 0 Å². The molecule has 0 aliphatic heterocycles. The zero-order valence-electron chi connectivity index (χ0n) is 17.0. The van der Waals surface area contributed by atoms with Gasteiger partial charge in [-0.2, -0.15) is 10.0 Å². The van der Waals surface area contributed by atoms with Crippen LogP contribution in [-0.2, 0) is 16.9 Å². The van der Waals surface area contributed by atoms with Gasteiger partial charge in [-0.3, -0.25) is 4.79 Å². The van der Waals surface area contributed by atoms with Crippen molar-refractivity contribution in [1.29, 1.82) is 0 Å². The quantitative estimate of drug-likeness (QED) is 0.539. The number of benzene rings is 2. The van der Waals surface area contributed by atoms with Crippen LogP contribution in [0, 0.1) is 11.8 Å². The molecular formula is C22H23N3O4S. The fourth-order valence-electron chi connectivity index (χ4n) is 3.51. The number of nitroso groups, excluding NO2 is 1. The summed E-state index contributed by atoms with van der Waals surface area (Å²) in [5, 5.41) is 7.47. The maximum absolute atomic E-state index is 11.8. The van der Waals surface area contributed by atoms with Gasteiger partial charge in [0.15, 0.2) is 9.84 Å². The lowest BCUT2D eigenvalue weighted by molar-refractivity contribution is 0.552. The monoisotopic (exact) mass is 425 g/mol. The van der Waals surface area contributed by atoms with Crippen molar-refractivity contribution in [3.05, 3.63) is 98.3 Å². The lowest BCUT2D eigenvalue weighted by atomic mass is 9.83. The van der Waals surface area contributed by atoms with Crippen LogP contribution >= 0.6 is 0 Å². The molecule has 0 saturated heterocycles. The van der Waals surface area contributed by atoms with Gasteiger partial charge in [0.1, 0.15) is 6.04 Å². The smallest absolute Gasteiger partial charge is 0.266 e. The lowest BCUT2D eigenvalue weighted by Gasteiger charge is -2.22. The maximum atomic E-state index is 11.8. The molecule has 1 aromatic heterocycles. The van der Waals surface area contributed by atoms with Crippen LogP contribution in [0.2, 0.25) is 0 Å². The SMILES string of the molecule is Cc1ccccc1[C@H](CC(N=O)c1ccc(=O)n(C)n1)c1ccc(S(C)(=O)=O)cc1. The van der Waals surface area contributed by atoms with Gasteiger partial charge in [0, 0.05) is 25.3 Å². The molecule has 2 atom stereocenters. The first-order valence-electron chi connectivity index (χ1n) is 9.43. The first kappa shape index (κ1) is 21.6. The van der Waals surface area contributed by atoms with E-state index in [1.807, 2.05) is 31.2 Å². The zero-order valence-corrected chi connectivity index (χ0v) is 17.8. The molecule has 0 N–H and O–H groups in total. The Morgan fingerprint density at radius 3 is 2.27 bits per heavy atom. The predicted octanol–water partition coefficient (Wildman–Crippen LogP) is 3.52. The third-order valence-corrected chi connectivity index (χ3v) is 6.31. The molecule has 0 aliphatic rings. The van der Waals surface area contributed by atoms with Crippen molar-refractivity contribution in [1.82, 2.24) is 9.78 Å². The Labute approximate surface area is 175 Å². The van der Waals surface area contributed by atoms with Crippen LogP contribution in [0.5, 0.6) is 0 Å². The van der Waals surface area contributed by atoms with Gasteiger partial charge in [-0.05, 0) is 48.2 Å². The van der Waals surface area contributed by atoms with Crippen molar-refractivity contribution in [3.8, 4) is 0 Å². The fraction of sp³-hybridized carbons (Fsp3) is 0.273. The summed E-state index contributed by atoms with van der Waals surface area (Å²) in [5.41, 5.74) is 3.08. The Hall–Kier alpha value is -3.13. The standard InChI is InChI=1S/C22H23N3O4S/c1-15-6-4-5-7-18(15)19(16-8-10-17(11-9-16)30(3,28)29)14-21(24-27)20-12-13-22(26)25(2)23-20/h4-13,19,21H,14H2,1-3H3/t19-,21?/m1/s1. The zero-order chi connectivity index (χ0) is 21.9. The largest absolute Gasteiger partial charge is 0.268 e. The number of nitrogens with zero attached hydrogens (tertiary/aromatic N) is 3. The summed E-state index contributed by atoms with van der Waals surface area (Å²) >= 11 is 0. The van der Waals surface area contributed by atoms with Gasteiger partial charge in [0.05, 0.1) is 10.6 Å². The summed E-state index contributed by atoms with van der Waals surface area (Å²) in [7, 11) is -1.78. The van der Waals surface area contributed by atoms with Crippen LogP contribution in [0.15, 0.2) is 75.5 Å². The van der Waals surface area contributed by atoms with Crippen LogP contribution in [-0.4, -0.2) is 24.5 Å². The molecule has 7 nitrogen and oxygen atoms in total. The Balaban J connectivity index is 2.05. The molecular weight excluding hydrogens is 402 g/mol. The molecule has 3 rings (SSSR count). The fourth-order valence-corrected chi connectivity index (χ4v) is 4.14. The van der Waals surface area contributed by atoms with Crippen molar-refractivity contribution < 1.29 is 8.42 Å². The van der Waals surface area contributed by atoms with Crippen molar-refractivity contribution in [2.24, 2.45) is 12.2 Å². The van der Waals surface area contributed by atoms with E-state index in [2.05, 4.69) is 10.3 Å². The molecule has 0 radical (unpaired) electrons. The van der Waals surface area contributed by atoms with Gasteiger partial charge in [0.2, 0.25) is 0 Å². The molecule has 2 aromatic carbocycles. The third kappa shape index (κ3) is 4.71. The van der Waals surface area contributed by atoms with E-state index in [1.54, 1.807) is 24.3 Å². The van der Waals surface area contributed by atoms with E-state index in [1.165, 1.54) is 30.1 Å². The average molecular weight is 426 g/mol. The first-order valence-corrected chi connectivity index (χ1v) is 11.3. The number of hydrogen-bond acceptors (Lipinski definition) is 6. The van der Waals surface area contributed by atoms with Gasteiger partial charge in [-0.15, -0.1) is 0 Å². The van der Waals surface area contributed by atoms with Gasteiger partial charge < -0.3 is 0 Å². The second-order valence-corrected chi connectivity index (χ2v) is 9.34. The average Bonchev–Trinajstić information content (AvgIpc) is 2.71. The highest BCUT2D eigenvalue weighted by atomic mass is 32.2. The van der Waals surface area contributed by atoms with Crippen molar-refractivity contribution in [2.45, 2.75) is 30.2 Å². The number of sulfone groups is 1. The van der Waals surface area contributed by atoms with Crippen LogP contribution in [0.3, 0.4) is 0 Å². The third-order valence-electron chi connectivity index (χ3n) is 5.18. The molecule has 156 valence electrons. The molecule has 1 unspecified atom stereocenters. The summed E-state index contributed by atoms with van der Waals surface area (Å²) in [6.45, 7) is 1.99. The minimum atomic E-state index is -3.31. The predicted molar refractivity (Wildman–Crippen MR) is 115 cm³/mol. The normalized spacial score (nSPS) is 13.6. The highest BCUT2D eigenvalue weighted by Gasteiger charge is 2.25. The number of aryl methyl sites for hydroxylation is 2. The molecule has 0 fully saturated rings. The minimum Gasteiger partial charge on any atom is -0.268 e. The van der Waals surface area contributed by atoms with E-state index in [0.29, 0.717) is 12.1 Å². The number of hydrogen-bond donors (Lipinski definition) is 0. The Kier molecular flexibility index (Phi) is 6.26. The molecule has 0 amide bonds. The van der Waals surface area contributed by atoms with Crippen LogP contribution < -0.4 is 5.56 Å². The van der Waals surface area contributed by atoms with Gasteiger partial charge in [-0.1, -0.05) is 41.6 Å². The van der Waals surface area contributed by atoms with Crippen molar-refractivity contribution in [3.63, 3.8) is 0 Å². The summed E-state index contributed by atoms with van der Waals surface area (Å²) in [6, 6.07) is 16.6. The van der Waals surface area contributed by atoms with E-state index in [0.717, 1.165) is 16.7 Å². The van der Waals surface area contributed by atoms with Crippen molar-refractivity contribution in [2.75, 3.05) is 6.26 Å². The van der Waals surface area contributed by atoms with E-state index >= 15 is 0 Å². The topological polar surface area (TPSA) is 98.5 Å². The second-order valence-electron chi connectivity index (χ2n) is 7.33. The van der Waals surface area contributed by atoms with Crippen LogP contribution in [0.25, 0.3) is 0 Å². The van der Waals surface area contributed by atoms with Crippen LogP contribution in [0.1, 0.15) is 40.8 Å². The second kappa shape index (κ2) is 8.71. The molecule has 0 spiro atoms. The summed E-state index contributed by atoms with van der Waals surface area (Å²) in [6.07, 6.45) is 1.50. The number of rotatable bonds is 7. The molecule has 3 aromatic rings. The molecule has 30 heavy (non-hydrogen) atoms. The Bertz CT molecular complexity index is 1220. The molecule has 1 heterocycles. The van der Waals surface area contributed by atoms with E-state index in [4.69, 9.17) is 0 Å². The summed E-state index contributed by atoms with van der Waals surface area (Å²) < 4.78 is 24.8. The molecule has 0 bridgehead atoms. The highest BCUT2D eigenvalue weighted by molar-refractivity contribution is 7.90. The Morgan fingerprint density at radius 1 is 1.03 bits per heavy atom. The molecule has 0 aliphatic carbocycles. The van der Waals surface area contributed by atoms with E-state index in [9.17, 15) is 18.1 Å². The number of aromatic nitrogens is 2. The van der Waals surface area contributed by atoms with Gasteiger partial charge in [0.25, 0.3) is 5.56 Å². The van der Waals surface area contributed by atoms with E-state index < -0.39 is 15.9 Å². The first-order chi connectivity index (χ1) is 14.2. The maximum Gasteiger partial charge on any atom is 0.266 e. The molecule has 0 saturated carbocycles. The molecule has 8 heteroatoms. The summed E-state index contributed by atoms with van der Waals surface area (Å²) in [4.78, 5) is 23.6.